The van der Waals surface area contributed by atoms with Crippen molar-refractivity contribution >= 4 is 17.4 Å². The largest absolute Gasteiger partial charge is 0.380 e. The first-order valence-corrected chi connectivity index (χ1v) is 11.8. The van der Waals surface area contributed by atoms with Gasteiger partial charge in [0.1, 0.15) is 12.1 Å². The second-order valence-corrected chi connectivity index (χ2v) is 9.88. The molecular formula is C25H22F3N7O. The molecule has 1 spiro atoms. The van der Waals surface area contributed by atoms with Gasteiger partial charge in [-0.25, -0.2) is 27.7 Å². The molecule has 5 heterocycles. The zero-order chi connectivity index (χ0) is 24.6. The molecular weight excluding hydrogens is 471 g/mol. The molecule has 7 rings (SSSR count). The Labute approximate surface area is 204 Å². The van der Waals surface area contributed by atoms with Crippen molar-refractivity contribution in [2.75, 3.05) is 36.5 Å². The van der Waals surface area contributed by atoms with Crippen molar-refractivity contribution in [2.24, 2.45) is 17.3 Å². The summed E-state index contributed by atoms with van der Waals surface area (Å²) in [6, 6.07) is 7.49. The Balaban J connectivity index is 1.19. The van der Waals surface area contributed by atoms with Crippen LogP contribution < -0.4 is 10.2 Å². The van der Waals surface area contributed by atoms with E-state index >= 15 is 0 Å². The van der Waals surface area contributed by atoms with Gasteiger partial charge < -0.3 is 15.0 Å². The number of nitrogens with zero attached hydrogens (tertiary/aromatic N) is 6. The number of anilines is 2. The number of rotatable bonds is 4. The normalized spacial score (nSPS) is 26.7. The number of hydrogen-bond acceptors (Lipinski definition) is 7. The number of fused-ring (bicyclic) bond motifs is 1. The maximum absolute atomic E-state index is 14.5. The lowest BCUT2D eigenvalue weighted by atomic mass is 9.53. The summed E-state index contributed by atoms with van der Waals surface area (Å²) in [5.41, 5.74) is 1.58. The molecule has 0 bridgehead atoms. The third kappa shape index (κ3) is 2.98. The van der Waals surface area contributed by atoms with Crippen LogP contribution in [0.25, 0.3) is 16.8 Å². The highest BCUT2D eigenvalue weighted by molar-refractivity contribution is 5.78. The second-order valence-electron chi connectivity index (χ2n) is 9.88. The van der Waals surface area contributed by atoms with Crippen molar-refractivity contribution in [1.82, 2.24) is 24.6 Å². The molecule has 0 amide bonds. The smallest absolute Gasteiger partial charge is 0.243 e. The molecule has 1 aromatic carbocycles. The van der Waals surface area contributed by atoms with Crippen LogP contribution in [0, 0.1) is 41.6 Å². The molecule has 36 heavy (non-hydrogen) atoms. The lowest BCUT2D eigenvalue weighted by molar-refractivity contribution is 0.0174. The SMILES string of the molecule is Cc1cc(N2C[C@H]3C(Nc4nc5c(-c6ccc(F)c(F)c6F)cccn5n4)[C@@H]4COCC43C2)ncn1. The average molecular weight is 493 g/mol. The average Bonchev–Trinajstić information content (AvgIpc) is 3.55. The molecule has 1 aliphatic carbocycles. The maximum Gasteiger partial charge on any atom is 0.243 e. The summed E-state index contributed by atoms with van der Waals surface area (Å²) >= 11 is 0. The second kappa shape index (κ2) is 7.63. The highest BCUT2D eigenvalue weighted by atomic mass is 19.2. The van der Waals surface area contributed by atoms with Gasteiger partial charge in [0, 0.05) is 65.5 Å². The van der Waals surface area contributed by atoms with Gasteiger partial charge in [-0.3, -0.25) is 0 Å². The molecule has 2 aliphatic heterocycles. The third-order valence-electron chi connectivity index (χ3n) is 8.01. The number of halogens is 3. The molecule has 3 fully saturated rings. The summed E-state index contributed by atoms with van der Waals surface area (Å²) in [6.45, 7) is 5.01. The van der Waals surface area contributed by atoms with Crippen LogP contribution in [0.5, 0.6) is 0 Å². The molecule has 0 radical (unpaired) electrons. The summed E-state index contributed by atoms with van der Waals surface area (Å²) in [4.78, 5) is 15.6. The van der Waals surface area contributed by atoms with E-state index in [9.17, 15) is 13.2 Å². The first-order chi connectivity index (χ1) is 17.4. The van der Waals surface area contributed by atoms with E-state index in [4.69, 9.17) is 4.74 Å². The van der Waals surface area contributed by atoms with E-state index in [-0.39, 0.29) is 17.0 Å². The van der Waals surface area contributed by atoms with E-state index in [0.717, 1.165) is 30.7 Å². The minimum absolute atomic E-state index is 0.0512. The molecule has 8 nitrogen and oxygen atoms in total. The fourth-order valence-corrected chi connectivity index (χ4v) is 6.29. The van der Waals surface area contributed by atoms with E-state index in [1.807, 2.05) is 13.0 Å². The monoisotopic (exact) mass is 493 g/mol. The summed E-state index contributed by atoms with van der Waals surface area (Å²) in [6.07, 6.45) is 3.28. The number of benzene rings is 1. The minimum atomic E-state index is -1.51. The Morgan fingerprint density at radius 3 is 2.83 bits per heavy atom. The molecule has 2 saturated heterocycles. The van der Waals surface area contributed by atoms with Crippen LogP contribution >= 0.6 is 0 Å². The summed E-state index contributed by atoms with van der Waals surface area (Å²) in [5.74, 6) is -2.07. The number of pyridine rings is 1. The van der Waals surface area contributed by atoms with Crippen LogP contribution in [0.3, 0.4) is 0 Å². The van der Waals surface area contributed by atoms with E-state index < -0.39 is 17.5 Å². The Kier molecular flexibility index (Phi) is 4.57. The fraction of sp³-hybridized carbons (Fsp3) is 0.360. The first kappa shape index (κ1) is 21.5. The lowest BCUT2D eigenvalue weighted by Crippen LogP contribution is -2.62. The molecule has 1 saturated carbocycles. The van der Waals surface area contributed by atoms with Gasteiger partial charge in [-0.05, 0) is 31.2 Å². The zero-order valence-electron chi connectivity index (χ0n) is 19.3. The highest BCUT2D eigenvalue weighted by Crippen LogP contribution is 2.60. The summed E-state index contributed by atoms with van der Waals surface area (Å²) < 4.78 is 49.4. The van der Waals surface area contributed by atoms with Crippen LogP contribution in [0.15, 0.2) is 42.9 Å². The molecule has 3 aliphatic rings. The number of aromatic nitrogens is 5. The van der Waals surface area contributed by atoms with Crippen molar-refractivity contribution in [3.8, 4) is 11.1 Å². The van der Waals surface area contributed by atoms with Crippen LogP contribution in [0.4, 0.5) is 24.9 Å². The number of nitrogens with one attached hydrogen (secondary N) is 1. The van der Waals surface area contributed by atoms with Crippen molar-refractivity contribution < 1.29 is 17.9 Å². The van der Waals surface area contributed by atoms with Crippen molar-refractivity contribution in [2.45, 2.75) is 13.0 Å². The minimum Gasteiger partial charge on any atom is -0.380 e. The molecule has 11 heteroatoms. The van der Waals surface area contributed by atoms with Crippen LogP contribution in [-0.2, 0) is 4.74 Å². The lowest BCUT2D eigenvalue weighted by Gasteiger charge is -2.52. The maximum atomic E-state index is 14.5. The zero-order valence-corrected chi connectivity index (χ0v) is 19.3. The number of aryl methyl sites for hydroxylation is 1. The van der Waals surface area contributed by atoms with E-state index in [2.05, 4.69) is 30.3 Å². The van der Waals surface area contributed by atoms with Crippen molar-refractivity contribution in [3.05, 3.63) is 66.0 Å². The molecule has 2 unspecified atom stereocenters. The Hall–Kier alpha value is -3.73. The topological polar surface area (TPSA) is 80.5 Å². The van der Waals surface area contributed by atoms with Crippen LogP contribution in [0.1, 0.15) is 5.69 Å². The van der Waals surface area contributed by atoms with E-state index in [0.29, 0.717) is 42.2 Å². The van der Waals surface area contributed by atoms with Gasteiger partial charge in [-0.15, -0.1) is 5.10 Å². The Bertz CT molecular complexity index is 1510. The quantitative estimate of drug-likeness (QED) is 0.436. The van der Waals surface area contributed by atoms with E-state index in [1.54, 1.807) is 24.7 Å². The third-order valence-corrected chi connectivity index (χ3v) is 8.01. The van der Waals surface area contributed by atoms with E-state index in [1.165, 1.54) is 10.6 Å². The van der Waals surface area contributed by atoms with Gasteiger partial charge >= 0.3 is 0 Å². The van der Waals surface area contributed by atoms with Gasteiger partial charge in [-0.2, -0.15) is 4.98 Å². The van der Waals surface area contributed by atoms with Gasteiger partial charge in [0.15, 0.2) is 23.1 Å². The molecule has 3 aromatic heterocycles. The number of hydrogen-bond donors (Lipinski definition) is 1. The van der Waals surface area contributed by atoms with Gasteiger partial charge in [-0.1, -0.05) is 0 Å². The van der Waals surface area contributed by atoms with Crippen LogP contribution in [0.2, 0.25) is 0 Å². The highest BCUT2D eigenvalue weighted by Gasteiger charge is 2.68. The van der Waals surface area contributed by atoms with Crippen molar-refractivity contribution in [3.63, 3.8) is 0 Å². The predicted octanol–water partition coefficient (Wildman–Crippen LogP) is 3.48. The van der Waals surface area contributed by atoms with Gasteiger partial charge in [0.25, 0.3) is 0 Å². The number of ether oxygens (including phenoxy) is 1. The van der Waals surface area contributed by atoms with Crippen molar-refractivity contribution in [1.29, 1.82) is 0 Å². The predicted molar refractivity (Wildman–Crippen MR) is 125 cm³/mol. The Morgan fingerprint density at radius 1 is 1.08 bits per heavy atom. The summed E-state index contributed by atoms with van der Waals surface area (Å²) in [5, 5.41) is 8.03. The van der Waals surface area contributed by atoms with Crippen LogP contribution in [-0.4, -0.2) is 56.9 Å². The molecule has 4 aromatic rings. The molecule has 4 atom stereocenters. The van der Waals surface area contributed by atoms with Gasteiger partial charge in [0.05, 0.1) is 13.2 Å². The standard InChI is InChI=1S/C25H22F3N7O/c1-13-7-19(30-12-29-13)34-8-16-22(17-9-36-11-25(16,17)10-34)31-24-32-23-15(3-2-6-35(23)33-24)14-4-5-18(26)21(28)20(14)27/h2-7,12,16-17,22H,8-11H2,1H3,(H,31,33)/t16-,17-,22?,25?/m0/s1. The molecule has 184 valence electrons. The fourth-order valence-electron chi connectivity index (χ4n) is 6.29. The molecule has 1 N–H and O–H groups in total. The Morgan fingerprint density at radius 2 is 1.97 bits per heavy atom. The summed E-state index contributed by atoms with van der Waals surface area (Å²) in [7, 11) is 0. The first-order valence-electron chi connectivity index (χ1n) is 11.8. The van der Waals surface area contributed by atoms with Gasteiger partial charge in [0.2, 0.25) is 5.95 Å².